The van der Waals surface area contributed by atoms with Crippen LogP contribution in [0, 0.1) is 0 Å². The first-order valence-electron chi connectivity index (χ1n) is 17.2. The van der Waals surface area contributed by atoms with Crippen molar-refractivity contribution in [1.29, 1.82) is 0 Å². The highest BCUT2D eigenvalue weighted by molar-refractivity contribution is 7.79. The molecule has 0 amide bonds. The zero-order valence-corrected chi connectivity index (χ0v) is 28.0. The minimum absolute atomic E-state index is 0.770. The Morgan fingerprint density at radius 3 is 1.60 bits per heavy atom. The molecule has 2 heteroatoms. The predicted molar refractivity (Wildman–Crippen MR) is 215 cm³/mol. The van der Waals surface area contributed by atoms with Crippen LogP contribution in [0.3, 0.4) is 0 Å². The molecule has 10 aromatic rings. The van der Waals surface area contributed by atoms with Gasteiger partial charge >= 0.3 is 0 Å². The van der Waals surface area contributed by atoms with Crippen LogP contribution in [-0.4, -0.2) is 0 Å². The summed E-state index contributed by atoms with van der Waals surface area (Å²) in [5.41, 5.74) is 9.39. The third-order valence-corrected chi connectivity index (χ3v) is 12.9. The maximum absolute atomic E-state index is 6.65. The summed E-state index contributed by atoms with van der Waals surface area (Å²) >= 11 is 0. The van der Waals surface area contributed by atoms with Crippen LogP contribution in [0.15, 0.2) is 180 Å². The Hall–Kier alpha value is -6.01. The van der Waals surface area contributed by atoms with Gasteiger partial charge in [0.05, 0.1) is 0 Å². The van der Waals surface area contributed by atoms with E-state index in [-0.39, 0.29) is 0 Å². The minimum Gasteiger partial charge on any atom is -0.456 e. The molecule has 9 aromatic carbocycles. The molecule has 50 heavy (non-hydrogen) atoms. The second kappa shape index (κ2) is 10.7. The van der Waals surface area contributed by atoms with Gasteiger partial charge in [0.1, 0.15) is 11.2 Å². The Balaban J connectivity index is 1.02. The summed E-state index contributed by atoms with van der Waals surface area (Å²) in [5.74, 6) is 0. The van der Waals surface area contributed by atoms with E-state index in [1.807, 2.05) is 0 Å². The molecule has 1 heterocycles. The van der Waals surface area contributed by atoms with Crippen LogP contribution in [0.5, 0.6) is 0 Å². The van der Waals surface area contributed by atoms with Crippen molar-refractivity contribution in [1.82, 2.24) is 0 Å². The Morgan fingerprint density at radius 1 is 0.320 bits per heavy atom. The normalized spacial score (nSPS) is 12.2. The molecule has 0 unspecified atom stereocenters. The van der Waals surface area contributed by atoms with E-state index in [1.165, 1.54) is 81.4 Å². The van der Waals surface area contributed by atoms with Crippen LogP contribution in [0.2, 0.25) is 0 Å². The highest BCUT2D eigenvalue weighted by Crippen LogP contribution is 2.50. The summed E-state index contributed by atoms with van der Waals surface area (Å²) in [6, 6.07) is 64.9. The van der Waals surface area contributed by atoms with Crippen molar-refractivity contribution >= 4 is 78.1 Å². The maximum atomic E-state index is 6.65. The maximum Gasteiger partial charge on any atom is 0.136 e. The second-order valence-corrected chi connectivity index (χ2v) is 15.5. The number of hydrogen-bond acceptors (Lipinski definition) is 1. The van der Waals surface area contributed by atoms with Gasteiger partial charge in [-0.05, 0) is 120 Å². The molecule has 1 aliphatic rings. The van der Waals surface area contributed by atoms with E-state index in [0.717, 1.165) is 22.1 Å². The summed E-state index contributed by atoms with van der Waals surface area (Å²) in [6.07, 6.45) is 0. The third kappa shape index (κ3) is 4.18. The van der Waals surface area contributed by atoms with E-state index in [4.69, 9.17) is 4.42 Å². The Kier molecular flexibility index (Phi) is 5.99. The molecule has 0 atom stereocenters. The average Bonchev–Trinajstić information content (AvgIpc) is 3.71. The minimum atomic E-state index is -0.770. The molecule has 0 fully saturated rings. The van der Waals surface area contributed by atoms with Crippen LogP contribution in [0.25, 0.3) is 87.6 Å². The molecule has 1 aliphatic carbocycles. The van der Waals surface area contributed by atoms with Crippen molar-refractivity contribution in [3.63, 3.8) is 0 Å². The van der Waals surface area contributed by atoms with Gasteiger partial charge in [0, 0.05) is 10.8 Å². The lowest BCUT2D eigenvalue weighted by Gasteiger charge is -2.21. The van der Waals surface area contributed by atoms with Gasteiger partial charge in [-0.1, -0.05) is 146 Å². The predicted octanol–water partition coefficient (Wildman–Crippen LogP) is 12.1. The molecule has 0 spiro atoms. The topological polar surface area (TPSA) is 13.1 Å². The lowest BCUT2D eigenvalue weighted by Crippen LogP contribution is -2.20. The number of benzene rings is 9. The van der Waals surface area contributed by atoms with Crippen molar-refractivity contribution in [2.24, 2.45) is 0 Å². The molecular weight excluding hydrogens is 624 g/mol. The fraction of sp³-hybridized carbons (Fsp3) is 0. The van der Waals surface area contributed by atoms with Gasteiger partial charge in [-0.15, -0.1) is 0 Å². The van der Waals surface area contributed by atoms with E-state index in [2.05, 4.69) is 176 Å². The Morgan fingerprint density at radius 2 is 0.900 bits per heavy atom. The number of fused-ring (bicyclic) bond motifs is 9. The van der Waals surface area contributed by atoms with Crippen LogP contribution in [0.1, 0.15) is 0 Å². The first kappa shape index (κ1) is 27.9. The molecule has 0 bridgehead atoms. The summed E-state index contributed by atoms with van der Waals surface area (Å²) in [7, 11) is -0.770. The van der Waals surface area contributed by atoms with E-state index < -0.39 is 7.92 Å². The molecule has 1 aromatic heterocycles. The van der Waals surface area contributed by atoms with Crippen LogP contribution in [-0.2, 0) is 0 Å². The molecule has 1 nitrogen and oxygen atoms in total. The largest absolute Gasteiger partial charge is 0.456 e. The van der Waals surface area contributed by atoms with Crippen molar-refractivity contribution in [2.75, 3.05) is 0 Å². The van der Waals surface area contributed by atoms with E-state index in [9.17, 15) is 0 Å². The molecule has 0 saturated carbocycles. The molecule has 0 radical (unpaired) electrons. The standard InChI is InChI=1S/C48H29OP/c1-3-10-33-26-37(23-18-30(33)8-1)50(38-24-19-31-9-2-4-11-34(31)27-38)36-21-16-32(17-22-36)35-20-25-42-45(28-35)49-46-29-44-40-13-6-5-12-39(40)41-14-7-15-43(47(41)44)48(42)46/h1-29H. The SMILES string of the molecule is c1ccc2c(c1)-c1cccc3c1c-2cc1oc2cc(-c4ccc(P(c5ccc6ccccc6c5)c5ccc6ccccc6c5)cc4)ccc2c13. The summed E-state index contributed by atoms with van der Waals surface area (Å²) in [6.45, 7) is 0. The number of furan rings is 1. The molecule has 0 N–H and O–H groups in total. The van der Waals surface area contributed by atoms with Crippen LogP contribution < -0.4 is 15.9 Å². The van der Waals surface area contributed by atoms with Crippen molar-refractivity contribution < 1.29 is 4.42 Å². The number of hydrogen-bond donors (Lipinski definition) is 0. The second-order valence-electron chi connectivity index (χ2n) is 13.3. The summed E-state index contributed by atoms with van der Waals surface area (Å²) in [4.78, 5) is 0. The van der Waals surface area contributed by atoms with E-state index in [0.29, 0.717) is 0 Å². The zero-order chi connectivity index (χ0) is 32.8. The van der Waals surface area contributed by atoms with E-state index in [1.54, 1.807) is 0 Å². The van der Waals surface area contributed by atoms with Gasteiger partial charge in [-0.3, -0.25) is 0 Å². The highest BCUT2D eigenvalue weighted by Gasteiger charge is 2.24. The molecule has 11 rings (SSSR count). The fourth-order valence-corrected chi connectivity index (χ4v) is 10.5. The van der Waals surface area contributed by atoms with Gasteiger partial charge in [-0.25, -0.2) is 0 Å². The fourth-order valence-electron chi connectivity index (χ4n) is 8.20. The van der Waals surface area contributed by atoms with Crippen molar-refractivity contribution in [2.45, 2.75) is 0 Å². The van der Waals surface area contributed by atoms with Gasteiger partial charge in [-0.2, -0.15) is 0 Å². The first-order chi connectivity index (χ1) is 24.8. The highest BCUT2D eigenvalue weighted by atomic mass is 31.1. The van der Waals surface area contributed by atoms with E-state index >= 15 is 0 Å². The quantitative estimate of drug-likeness (QED) is 0.172. The molecule has 0 saturated heterocycles. The monoisotopic (exact) mass is 652 g/mol. The molecule has 232 valence electrons. The number of rotatable bonds is 4. The Labute approximate surface area is 290 Å². The van der Waals surface area contributed by atoms with Crippen LogP contribution in [0.4, 0.5) is 0 Å². The smallest absolute Gasteiger partial charge is 0.136 e. The zero-order valence-electron chi connectivity index (χ0n) is 27.1. The van der Waals surface area contributed by atoms with Gasteiger partial charge in [0.25, 0.3) is 0 Å². The molecule has 0 aliphatic heterocycles. The summed E-state index contributed by atoms with van der Waals surface area (Å²) < 4.78 is 6.65. The van der Waals surface area contributed by atoms with Gasteiger partial charge < -0.3 is 4.42 Å². The van der Waals surface area contributed by atoms with Crippen LogP contribution >= 0.6 is 7.92 Å². The Bertz CT molecular complexity index is 2910. The first-order valence-corrected chi connectivity index (χ1v) is 18.5. The van der Waals surface area contributed by atoms with Gasteiger partial charge in [0.15, 0.2) is 0 Å². The lowest BCUT2D eigenvalue weighted by molar-refractivity contribution is 0.669. The average molecular weight is 653 g/mol. The lowest BCUT2D eigenvalue weighted by atomic mass is 9.97. The van der Waals surface area contributed by atoms with Gasteiger partial charge in [0.2, 0.25) is 0 Å². The third-order valence-electron chi connectivity index (χ3n) is 10.5. The molecular formula is C48H29OP. The van der Waals surface area contributed by atoms with Crippen molar-refractivity contribution in [3.05, 3.63) is 176 Å². The summed E-state index contributed by atoms with van der Waals surface area (Å²) in [5, 5.41) is 14.1. The van der Waals surface area contributed by atoms with Crippen molar-refractivity contribution in [3.8, 4) is 33.4 Å².